The van der Waals surface area contributed by atoms with E-state index in [1.807, 2.05) is 36.4 Å². The molecule has 6 nitrogen and oxygen atoms in total. The van der Waals surface area contributed by atoms with Crippen LogP contribution in [0.1, 0.15) is 19.4 Å². The van der Waals surface area contributed by atoms with E-state index in [9.17, 15) is 9.59 Å². The van der Waals surface area contributed by atoms with Crippen LogP contribution in [0.15, 0.2) is 48.5 Å². The highest BCUT2D eigenvalue weighted by Gasteiger charge is 2.13. The first kappa shape index (κ1) is 20.3. The zero-order chi connectivity index (χ0) is 19.6. The van der Waals surface area contributed by atoms with E-state index in [1.165, 1.54) is 0 Å². The molecule has 0 fully saturated rings. The van der Waals surface area contributed by atoms with Gasteiger partial charge < -0.3 is 20.3 Å². The van der Waals surface area contributed by atoms with Crippen LogP contribution in [0.5, 0.6) is 5.75 Å². The van der Waals surface area contributed by atoms with Crippen molar-refractivity contribution in [2.75, 3.05) is 37.0 Å². The van der Waals surface area contributed by atoms with Crippen LogP contribution in [0.4, 0.5) is 11.4 Å². The average Bonchev–Trinajstić information content (AvgIpc) is 2.70. The summed E-state index contributed by atoms with van der Waals surface area (Å²) in [5, 5.41) is 5.26. The van der Waals surface area contributed by atoms with Crippen LogP contribution in [0.25, 0.3) is 0 Å². The lowest BCUT2D eigenvalue weighted by Gasteiger charge is -2.21. The lowest BCUT2D eigenvalue weighted by atomic mass is 10.1. The van der Waals surface area contributed by atoms with Crippen molar-refractivity contribution >= 4 is 23.2 Å². The number of nitrogens with one attached hydrogen (secondary N) is 2. The zero-order valence-electron chi connectivity index (χ0n) is 16.1. The van der Waals surface area contributed by atoms with Gasteiger partial charge in [-0.15, -0.1) is 0 Å². The minimum absolute atomic E-state index is 0.355. The maximum atomic E-state index is 12.1. The number of methoxy groups -OCH3 is 1. The molecule has 0 aliphatic heterocycles. The van der Waals surface area contributed by atoms with Crippen LogP contribution < -0.4 is 20.3 Å². The number of hydrogen-bond acceptors (Lipinski definition) is 4. The molecule has 0 atom stereocenters. The fourth-order valence-corrected chi connectivity index (χ4v) is 2.83. The van der Waals surface area contributed by atoms with Gasteiger partial charge in [-0.3, -0.25) is 9.59 Å². The summed E-state index contributed by atoms with van der Waals surface area (Å²) in [5.41, 5.74) is 2.66. The molecule has 0 aliphatic rings. The fraction of sp³-hybridized carbons (Fsp3) is 0.333. The van der Waals surface area contributed by atoms with Crippen LogP contribution in [0, 0.1) is 0 Å². The summed E-state index contributed by atoms with van der Waals surface area (Å²) in [7, 11) is 1.61. The molecule has 0 spiro atoms. The Bertz CT molecular complexity index is 756. The van der Waals surface area contributed by atoms with Gasteiger partial charge in [0.1, 0.15) is 5.75 Å². The fourth-order valence-electron chi connectivity index (χ4n) is 2.83. The van der Waals surface area contributed by atoms with E-state index in [-0.39, 0.29) is 0 Å². The Balaban J connectivity index is 1.84. The molecule has 0 bridgehead atoms. The maximum absolute atomic E-state index is 12.1. The summed E-state index contributed by atoms with van der Waals surface area (Å²) in [4.78, 5) is 26.3. The molecular formula is C21H27N3O3. The minimum atomic E-state index is -0.675. The van der Waals surface area contributed by atoms with E-state index in [0.717, 1.165) is 30.1 Å². The molecule has 0 unspecified atom stereocenters. The zero-order valence-corrected chi connectivity index (χ0v) is 16.1. The molecule has 27 heavy (non-hydrogen) atoms. The highest BCUT2D eigenvalue weighted by Crippen LogP contribution is 2.18. The molecule has 2 amide bonds. The van der Waals surface area contributed by atoms with Crippen LogP contribution >= 0.6 is 0 Å². The predicted octanol–water partition coefficient (Wildman–Crippen LogP) is 2.84. The Morgan fingerprint density at radius 3 is 2.26 bits per heavy atom. The van der Waals surface area contributed by atoms with E-state index in [2.05, 4.69) is 29.4 Å². The topological polar surface area (TPSA) is 70.7 Å². The predicted molar refractivity (Wildman–Crippen MR) is 108 cm³/mol. The molecule has 2 aromatic rings. The number of ether oxygens (including phenoxy) is 1. The number of nitrogens with zero attached hydrogens (tertiary/aromatic N) is 1. The Kier molecular flexibility index (Phi) is 7.67. The van der Waals surface area contributed by atoms with Crippen molar-refractivity contribution in [3.8, 4) is 5.75 Å². The van der Waals surface area contributed by atoms with Gasteiger partial charge in [-0.05, 0) is 56.2 Å². The van der Waals surface area contributed by atoms with E-state index >= 15 is 0 Å². The number of rotatable bonds is 8. The first-order valence-corrected chi connectivity index (χ1v) is 9.15. The first-order chi connectivity index (χ1) is 13.1. The molecule has 0 aliphatic carbocycles. The summed E-state index contributed by atoms with van der Waals surface area (Å²) in [6, 6.07) is 15.1. The van der Waals surface area contributed by atoms with Gasteiger partial charge in [-0.1, -0.05) is 18.2 Å². The number of hydrogen-bond donors (Lipinski definition) is 2. The number of para-hydroxylation sites is 1. The molecule has 0 aromatic heterocycles. The molecule has 0 saturated carbocycles. The largest absolute Gasteiger partial charge is 0.496 e. The van der Waals surface area contributed by atoms with Crippen LogP contribution in [-0.4, -0.2) is 38.6 Å². The highest BCUT2D eigenvalue weighted by molar-refractivity contribution is 6.39. The number of benzene rings is 2. The van der Waals surface area contributed by atoms with Gasteiger partial charge in [0.2, 0.25) is 0 Å². The molecule has 2 rings (SSSR count). The van der Waals surface area contributed by atoms with Gasteiger partial charge in [0, 0.05) is 31.0 Å². The summed E-state index contributed by atoms with van der Waals surface area (Å²) in [5.74, 6) is -0.562. The van der Waals surface area contributed by atoms with Gasteiger partial charge in [0.05, 0.1) is 7.11 Å². The van der Waals surface area contributed by atoms with Crippen molar-refractivity contribution in [3.63, 3.8) is 0 Å². The van der Waals surface area contributed by atoms with Crippen LogP contribution in [-0.2, 0) is 16.0 Å². The summed E-state index contributed by atoms with van der Waals surface area (Å²) in [6.07, 6.45) is 0.585. The van der Waals surface area contributed by atoms with E-state index < -0.39 is 11.8 Å². The van der Waals surface area contributed by atoms with Crippen molar-refractivity contribution in [2.24, 2.45) is 0 Å². The molecule has 6 heteroatoms. The summed E-state index contributed by atoms with van der Waals surface area (Å²) >= 11 is 0. The summed E-state index contributed by atoms with van der Waals surface area (Å²) in [6.45, 7) is 6.37. The highest BCUT2D eigenvalue weighted by atomic mass is 16.5. The Morgan fingerprint density at radius 1 is 0.963 bits per heavy atom. The smallest absolute Gasteiger partial charge is 0.313 e. The second kappa shape index (κ2) is 10.2. The molecule has 2 aromatic carbocycles. The number of carbonyl (C=O) groups is 2. The van der Waals surface area contributed by atoms with Crippen molar-refractivity contribution < 1.29 is 14.3 Å². The average molecular weight is 369 g/mol. The van der Waals surface area contributed by atoms with Gasteiger partial charge in [-0.2, -0.15) is 0 Å². The lowest BCUT2D eigenvalue weighted by Crippen LogP contribution is -2.36. The van der Waals surface area contributed by atoms with Gasteiger partial charge >= 0.3 is 11.8 Å². The molecule has 0 radical (unpaired) electrons. The van der Waals surface area contributed by atoms with Crippen LogP contribution in [0.2, 0.25) is 0 Å². The number of amides is 2. The third kappa shape index (κ3) is 5.74. The third-order valence-electron chi connectivity index (χ3n) is 4.33. The SMILES string of the molecule is CCN(CC)c1ccc(NC(=O)C(=O)NCCc2ccccc2OC)cc1. The third-order valence-corrected chi connectivity index (χ3v) is 4.33. The normalized spacial score (nSPS) is 10.2. The molecule has 144 valence electrons. The van der Waals surface area contributed by atoms with Gasteiger partial charge in [0.25, 0.3) is 0 Å². The maximum Gasteiger partial charge on any atom is 0.313 e. The Labute approximate surface area is 160 Å². The minimum Gasteiger partial charge on any atom is -0.496 e. The number of anilines is 2. The second-order valence-corrected chi connectivity index (χ2v) is 5.99. The van der Waals surface area contributed by atoms with Crippen molar-refractivity contribution in [1.29, 1.82) is 0 Å². The number of carbonyl (C=O) groups excluding carboxylic acids is 2. The molecule has 0 heterocycles. The first-order valence-electron chi connectivity index (χ1n) is 9.15. The van der Waals surface area contributed by atoms with Gasteiger partial charge in [0.15, 0.2) is 0 Å². The van der Waals surface area contributed by atoms with E-state index in [0.29, 0.717) is 18.7 Å². The van der Waals surface area contributed by atoms with E-state index in [1.54, 1.807) is 19.2 Å². The monoisotopic (exact) mass is 369 g/mol. The van der Waals surface area contributed by atoms with E-state index in [4.69, 9.17) is 4.74 Å². The lowest BCUT2D eigenvalue weighted by molar-refractivity contribution is -0.136. The van der Waals surface area contributed by atoms with Crippen LogP contribution in [0.3, 0.4) is 0 Å². The second-order valence-electron chi connectivity index (χ2n) is 5.99. The molecular weight excluding hydrogens is 342 g/mol. The molecule has 0 saturated heterocycles. The molecule has 2 N–H and O–H groups in total. The van der Waals surface area contributed by atoms with Crippen molar-refractivity contribution in [3.05, 3.63) is 54.1 Å². The quantitative estimate of drug-likeness (QED) is 0.702. The Hall–Kier alpha value is -3.02. The van der Waals surface area contributed by atoms with Gasteiger partial charge in [-0.25, -0.2) is 0 Å². The van der Waals surface area contributed by atoms with Crippen molar-refractivity contribution in [1.82, 2.24) is 5.32 Å². The Morgan fingerprint density at radius 2 is 1.63 bits per heavy atom. The summed E-state index contributed by atoms with van der Waals surface area (Å²) < 4.78 is 5.28. The standard InChI is InChI=1S/C21H27N3O3/c1-4-24(5-2)18-12-10-17(11-13-18)23-21(26)20(25)22-15-14-16-8-6-7-9-19(16)27-3/h6-13H,4-5,14-15H2,1-3H3,(H,22,25)(H,23,26). The van der Waals surface area contributed by atoms with Crippen molar-refractivity contribution in [2.45, 2.75) is 20.3 Å².